The van der Waals surface area contributed by atoms with E-state index in [1.807, 2.05) is 32.0 Å². The standard InChI is InChI=1S/C15H18BrN3O/c1-4-5-13-18-14(17)10(3)15(19-13)20-12-8-11(16)7-6-9(12)2/h6-8H,4-5H2,1-3H3,(H2,17,18,19). The second kappa shape index (κ2) is 6.22. The molecule has 1 aromatic heterocycles. The minimum Gasteiger partial charge on any atom is -0.438 e. The molecule has 2 N–H and O–H groups in total. The summed E-state index contributed by atoms with van der Waals surface area (Å²) in [5.74, 6) is 2.49. The van der Waals surface area contributed by atoms with E-state index in [0.717, 1.165) is 40.0 Å². The number of nitrogens with two attached hydrogens (primary N) is 1. The fraction of sp³-hybridized carbons (Fsp3) is 0.333. The lowest BCUT2D eigenvalue weighted by Crippen LogP contribution is -2.05. The van der Waals surface area contributed by atoms with Crippen LogP contribution >= 0.6 is 15.9 Å². The summed E-state index contributed by atoms with van der Waals surface area (Å²) in [5.41, 5.74) is 7.74. The minimum absolute atomic E-state index is 0.478. The molecule has 0 unspecified atom stereocenters. The first-order valence-corrected chi connectivity index (χ1v) is 7.37. The van der Waals surface area contributed by atoms with Gasteiger partial charge in [-0.2, -0.15) is 4.98 Å². The monoisotopic (exact) mass is 335 g/mol. The maximum absolute atomic E-state index is 5.93. The largest absolute Gasteiger partial charge is 0.438 e. The number of halogens is 1. The number of ether oxygens (including phenoxy) is 1. The van der Waals surface area contributed by atoms with Gasteiger partial charge in [0, 0.05) is 10.9 Å². The highest BCUT2D eigenvalue weighted by Gasteiger charge is 2.12. The molecular weight excluding hydrogens is 318 g/mol. The van der Waals surface area contributed by atoms with E-state index in [1.165, 1.54) is 0 Å². The van der Waals surface area contributed by atoms with Crippen molar-refractivity contribution in [2.24, 2.45) is 0 Å². The number of anilines is 1. The molecule has 2 aromatic rings. The number of hydrogen-bond donors (Lipinski definition) is 1. The second-order valence-corrected chi connectivity index (χ2v) is 5.63. The van der Waals surface area contributed by atoms with Crippen molar-refractivity contribution in [1.82, 2.24) is 9.97 Å². The van der Waals surface area contributed by atoms with Crippen LogP contribution in [0.5, 0.6) is 11.6 Å². The Morgan fingerprint density at radius 3 is 2.70 bits per heavy atom. The van der Waals surface area contributed by atoms with Crippen LogP contribution in [0.4, 0.5) is 5.82 Å². The van der Waals surface area contributed by atoms with E-state index in [2.05, 4.69) is 32.8 Å². The van der Waals surface area contributed by atoms with Gasteiger partial charge in [-0.3, -0.25) is 0 Å². The summed E-state index contributed by atoms with van der Waals surface area (Å²) >= 11 is 3.44. The van der Waals surface area contributed by atoms with E-state index in [1.54, 1.807) is 0 Å². The molecule has 0 spiro atoms. The summed E-state index contributed by atoms with van der Waals surface area (Å²) < 4.78 is 6.89. The van der Waals surface area contributed by atoms with E-state index in [9.17, 15) is 0 Å². The van der Waals surface area contributed by atoms with Crippen LogP contribution in [0.3, 0.4) is 0 Å². The molecule has 0 amide bonds. The Bertz CT molecular complexity index is 629. The van der Waals surface area contributed by atoms with E-state index in [0.29, 0.717) is 11.7 Å². The van der Waals surface area contributed by atoms with Gasteiger partial charge in [-0.05, 0) is 38.0 Å². The average Bonchev–Trinajstić information content (AvgIpc) is 2.40. The van der Waals surface area contributed by atoms with Gasteiger partial charge in [-0.1, -0.05) is 28.9 Å². The van der Waals surface area contributed by atoms with E-state index < -0.39 is 0 Å². The Kier molecular flexibility index (Phi) is 4.60. The quantitative estimate of drug-likeness (QED) is 0.910. The van der Waals surface area contributed by atoms with Crippen molar-refractivity contribution >= 4 is 21.7 Å². The first-order chi connectivity index (χ1) is 9.51. The molecule has 0 aliphatic heterocycles. The Balaban J connectivity index is 2.39. The number of rotatable bonds is 4. The Labute approximate surface area is 127 Å². The Morgan fingerprint density at radius 2 is 2.00 bits per heavy atom. The summed E-state index contributed by atoms with van der Waals surface area (Å²) in [6, 6.07) is 5.89. The molecule has 0 aliphatic carbocycles. The van der Waals surface area contributed by atoms with Crippen LogP contribution in [0.1, 0.15) is 30.3 Å². The van der Waals surface area contributed by atoms with Crippen LogP contribution in [-0.4, -0.2) is 9.97 Å². The number of aryl methyl sites for hydroxylation is 2. The van der Waals surface area contributed by atoms with Gasteiger partial charge in [0.25, 0.3) is 0 Å². The molecule has 5 heteroatoms. The van der Waals surface area contributed by atoms with Gasteiger partial charge in [-0.25, -0.2) is 4.98 Å². The van der Waals surface area contributed by atoms with Gasteiger partial charge >= 0.3 is 0 Å². The van der Waals surface area contributed by atoms with E-state index in [4.69, 9.17) is 10.5 Å². The molecule has 106 valence electrons. The van der Waals surface area contributed by atoms with Crippen molar-refractivity contribution < 1.29 is 4.74 Å². The van der Waals surface area contributed by atoms with Gasteiger partial charge in [0.2, 0.25) is 5.88 Å². The Hall–Kier alpha value is -1.62. The zero-order valence-electron chi connectivity index (χ0n) is 11.9. The van der Waals surface area contributed by atoms with Gasteiger partial charge in [-0.15, -0.1) is 0 Å². The number of hydrogen-bond acceptors (Lipinski definition) is 4. The van der Waals surface area contributed by atoms with Gasteiger partial charge in [0.15, 0.2) is 0 Å². The van der Waals surface area contributed by atoms with Crippen LogP contribution in [0.2, 0.25) is 0 Å². The number of aromatic nitrogens is 2. The molecule has 0 saturated carbocycles. The molecule has 0 saturated heterocycles. The zero-order valence-corrected chi connectivity index (χ0v) is 13.5. The molecule has 0 aliphatic rings. The highest BCUT2D eigenvalue weighted by Crippen LogP contribution is 2.30. The molecule has 0 atom stereocenters. The third kappa shape index (κ3) is 3.28. The molecule has 4 nitrogen and oxygen atoms in total. The molecule has 0 bridgehead atoms. The maximum atomic E-state index is 5.93. The second-order valence-electron chi connectivity index (χ2n) is 4.72. The van der Waals surface area contributed by atoms with Gasteiger partial charge in [0.1, 0.15) is 17.4 Å². The van der Waals surface area contributed by atoms with E-state index >= 15 is 0 Å². The number of nitrogen functional groups attached to an aromatic ring is 1. The predicted molar refractivity (Wildman–Crippen MR) is 84.1 cm³/mol. The van der Waals surface area contributed by atoms with Crippen LogP contribution in [0, 0.1) is 13.8 Å². The molecule has 0 fully saturated rings. The molecule has 0 radical (unpaired) electrons. The third-order valence-corrected chi connectivity index (χ3v) is 3.51. The summed E-state index contributed by atoms with van der Waals surface area (Å²) in [7, 11) is 0. The lowest BCUT2D eigenvalue weighted by atomic mass is 10.2. The number of nitrogens with zero attached hydrogens (tertiary/aromatic N) is 2. The number of benzene rings is 1. The van der Waals surface area contributed by atoms with Crippen molar-refractivity contribution in [2.75, 3.05) is 5.73 Å². The van der Waals surface area contributed by atoms with Gasteiger partial charge < -0.3 is 10.5 Å². The molecular formula is C15H18BrN3O. The molecule has 1 aromatic carbocycles. The molecule has 20 heavy (non-hydrogen) atoms. The normalized spacial score (nSPS) is 10.6. The summed E-state index contributed by atoms with van der Waals surface area (Å²) in [5, 5.41) is 0. The van der Waals surface area contributed by atoms with Crippen molar-refractivity contribution in [3.05, 3.63) is 39.6 Å². The van der Waals surface area contributed by atoms with Crippen molar-refractivity contribution in [3.63, 3.8) is 0 Å². The smallest absolute Gasteiger partial charge is 0.227 e. The Morgan fingerprint density at radius 1 is 1.25 bits per heavy atom. The minimum atomic E-state index is 0.478. The molecule has 2 rings (SSSR count). The lowest BCUT2D eigenvalue weighted by Gasteiger charge is -2.12. The maximum Gasteiger partial charge on any atom is 0.227 e. The summed E-state index contributed by atoms with van der Waals surface area (Å²) in [6.07, 6.45) is 1.76. The lowest BCUT2D eigenvalue weighted by molar-refractivity contribution is 0.451. The van der Waals surface area contributed by atoms with Crippen LogP contribution in [0.15, 0.2) is 22.7 Å². The van der Waals surface area contributed by atoms with Crippen LogP contribution < -0.4 is 10.5 Å². The zero-order chi connectivity index (χ0) is 14.7. The molecule has 1 heterocycles. The SMILES string of the molecule is CCCc1nc(N)c(C)c(Oc2cc(Br)ccc2C)n1. The topological polar surface area (TPSA) is 61.0 Å². The summed E-state index contributed by atoms with van der Waals surface area (Å²) in [4.78, 5) is 8.74. The summed E-state index contributed by atoms with van der Waals surface area (Å²) in [6.45, 7) is 5.95. The van der Waals surface area contributed by atoms with Crippen molar-refractivity contribution in [1.29, 1.82) is 0 Å². The first-order valence-electron chi connectivity index (χ1n) is 6.58. The highest BCUT2D eigenvalue weighted by molar-refractivity contribution is 9.10. The fourth-order valence-electron chi connectivity index (χ4n) is 1.78. The van der Waals surface area contributed by atoms with Crippen LogP contribution in [-0.2, 0) is 6.42 Å². The van der Waals surface area contributed by atoms with Crippen LogP contribution in [0.25, 0.3) is 0 Å². The highest BCUT2D eigenvalue weighted by atomic mass is 79.9. The fourth-order valence-corrected chi connectivity index (χ4v) is 2.12. The first kappa shape index (κ1) is 14.8. The van der Waals surface area contributed by atoms with Gasteiger partial charge in [0.05, 0.1) is 5.56 Å². The van der Waals surface area contributed by atoms with Crippen molar-refractivity contribution in [3.8, 4) is 11.6 Å². The third-order valence-electron chi connectivity index (χ3n) is 3.02. The van der Waals surface area contributed by atoms with Crippen molar-refractivity contribution in [2.45, 2.75) is 33.6 Å². The predicted octanol–water partition coefficient (Wildman–Crippen LogP) is 4.18. The average molecular weight is 336 g/mol. The van der Waals surface area contributed by atoms with E-state index in [-0.39, 0.29) is 0 Å².